The standard InChI is InChI=1S/C11H22N2OS/c1-3-10(11(14)13-12)15-9-6-4-5-8(2)7-9/h8-10H,3-7,12H2,1-2H3,(H,13,14). The van der Waals surface area contributed by atoms with E-state index in [0.717, 1.165) is 12.3 Å². The number of hydrazine groups is 1. The summed E-state index contributed by atoms with van der Waals surface area (Å²) in [6, 6.07) is 0. The van der Waals surface area contributed by atoms with E-state index >= 15 is 0 Å². The molecular formula is C11H22N2OS. The van der Waals surface area contributed by atoms with Gasteiger partial charge in [0.2, 0.25) is 5.91 Å². The van der Waals surface area contributed by atoms with E-state index in [0.29, 0.717) is 5.25 Å². The Morgan fingerprint density at radius 3 is 2.87 bits per heavy atom. The Labute approximate surface area is 96.5 Å². The van der Waals surface area contributed by atoms with Crippen molar-refractivity contribution in [1.29, 1.82) is 0 Å². The Kier molecular flexibility index (Phi) is 5.47. The lowest BCUT2D eigenvalue weighted by Gasteiger charge is -2.28. The molecule has 0 saturated heterocycles. The average Bonchev–Trinajstić information content (AvgIpc) is 2.25. The molecule has 0 radical (unpaired) electrons. The first-order valence-electron chi connectivity index (χ1n) is 5.83. The van der Waals surface area contributed by atoms with Crippen molar-refractivity contribution in [3.63, 3.8) is 0 Å². The Hall–Kier alpha value is -0.220. The second-order valence-electron chi connectivity index (χ2n) is 4.44. The summed E-state index contributed by atoms with van der Waals surface area (Å²) in [5.41, 5.74) is 2.26. The number of nitrogens with two attached hydrogens (primary N) is 1. The van der Waals surface area contributed by atoms with Gasteiger partial charge in [-0.15, -0.1) is 11.8 Å². The molecule has 0 aromatic rings. The smallest absolute Gasteiger partial charge is 0.246 e. The van der Waals surface area contributed by atoms with Crippen LogP contribution in [0.3, 0.4) is 0 Å². The fourth-order valence-corrected chi connectivity index (χ4v) is 3.76. The molecule has 88 valence electrons. The number of nitrogens with one attached hydrogen (secondary N) is 1. The van der Waals surface area contributed by atoms with E-state index in [2.05, 4.69) is 12.3 Å². The molecule has 0 aromatic heterocycles. The minimum atomic E-state index is -0.0271. The van der Waals surface area contributed by atoms with Gasteiger partial charge in [-0.3, -0.25) is 10.2 Å². The Morgan fingerprint density at radius 1 is 1.60 bits per heavy atom. The van der Waals surface area contributed by atoms with Gasteiger partial charge < -0.3 is 0 Å². The third-order valence-electron chi connectivity index (χ3n) is 3.05. The van der Waals surface area contributed by atoms with Crippen LogP contribution in [0.1, 0.15) is 46.0 Å². The van der Waals surface area contributed by atoms with E-state index < -0.39 is 0 Å². The average molecular weight is 230 g/mol. The number of carbonyl (C=O) groups is 1. The number of rotatable bonds is 4. The molecule has 1 fully saturated rings. The van der Waals surface area contributed by atoms with Gasteiger partial charge in [-0.1, -0.05) is 26.7 Å². The van der Waals surface area contributed by atoms with E-state index in [4.69, 9.17) is 5.84 Å². The predicted octanol–water partition coefficient (Wildman–Crippen LogP) is 2.07. The van der Waals surface area contributed by atoms with Crippen molar-refractivity contribution >= 4 is 17.7 Å². The summed E-state index contributed by atoms with van der Waals surface area (Å²) in [4.78, 5) is 11.4. The van der Waals surface area contributed by atoms with Gasteiger partial charge >= 0.3 is 0 Å². The molecule has 3 unspecified atom stereocenters. The van der Waals surface area contributed by atoms with Gasteiger partial charge in [0.1, 0.15) is 0 Å². The van der Waals surface area contributed by atoms with E-state index in [1.165, 1.54) is 25.7 Å². The van der Waals surface area contributed by atoms with Crippen LogP contribution < -0.4 is 11.3 Å². The highest BCUT2D eigenvalue weighted by atomic mass is 32.2. The van der Waals surface area contributed by atoms with Crippen molar-refractivity contribution in [1.82, 2.24) is 5.43 Å². The van der Waals surface area contributed by atoms with Crippen molar-refractivity contribution in [3.8, 4) is 0 Å². The summed E-state index contributed by atoms with van der Waals surface area (Å²) < 4.78 is 0. The third kappa shape index (κ3) is 4.03. The zero-order valence-electron chi connectivity index (χ0n) is 9.66. The van der Waals surface area contributed by atoms with Crippen LogP contribution in [0.15, 0.2) is 0 Å². The SMILES string of the molecule is CCC(SC1CCCC(C)C1)C(=O)NN. The van der Waals surface area contributed by atoms with E-state index in [9.17, 15) is 4.79 Å². The van der Waals surface area contributed by atoms with Crippen molar-refractivity contribution in [2.24, 2.45) is 11.8 Å². The molecule has 15 heavy (non-hydrogen) atoms. The molecule has 3 atom stereocenters. The van der Waals surface area contributed by atoms with Crippen LogP contribution in [0.4, 0.5) is 0 Å². The highest BCUT2D eigenvalue weighted by molar-refractivity contribution is 8.01. The first kappa shape index (κ1) is 12.8. The molecule has 1 aliphatic carbocycles. The molecule has 1 aliphatic rings. The van der Waals surface area contributed by atoms with Gasteiger partial charge in [-0.25, -0.2) is 5.84 Å². The lowest BCUT2D eigenvalue weighted by Crippen LogP contribution is -2.38. The monoisotopic (exact) mass is 230 g/mol. The van der Waals surface area contributed by atoms with Gasteiger partial charge in [0.25, 0.3) is 0 Å². The quantitative estimate of drug-likeness (QED) is 0.441. The van der Waals surface area contributed by atoms with E-state index in [1.54, 1.807) is 0 Å². The van der Waals surface area contributed by atoms with Crippen LogP contribution >= 0.6 is 11.8 Å². The van der Waals surface area contributed by atoms with Gasteiger partial charge in [0.15, 0.2) is 0 Å². The van der Waals surface area contributed by atoms with Crippen LogP contribution in [-0.2, 0) is 4.79 Å². The molecule has 1 saturated carbocycles. The second-order valence-corrected chi connectivity index (χ2v) is 5.94. The lowest BCUT2D eigenvalue weighted by atomic mass is 9.91. The highest BCUT2D eigenvalue weighted by Crippen LogP contribution is 2.34. The first-order valence-corrected chi connectivity index (χ1v) is 6.77. The molecule has 0 spiro atoms. The topological polar surface area (TPSA) is 55.1 Å². The molecule has 1 amide bonds. The van der Waals surface area contributed by atoms with Crippen LogP contribution in [0.25, 0.3) is 0 Å². The van der Waals surface area contributed by atoms with Gasteiger partial charge in [-0.05, 0) is 25.2 Å². The number of hydrogen-bond donors (Lipinski definition) is 2. The molecule has 0 heterocycles. The maximum atomic E-state index is 11.4. The molecular weight excluding hydrogens is 208 g/mol. The molecule has 1 rings (SSSR count). The zero-order valence-corrected chi connectivity index (χ0v) is 10.5. The summed E-state index contributed by atoms with van der Waals surface area (Å²) in [6.07, 6.45) is 6.01. The Morgan fingerprint density at radius 2 is 2.33 bits per heavy atom. The van der Waals surface area contributed by atoms with Gasteiger partial charge in [0.05, 0.1) is 5.25 Å². The fourth-order valence-electron chi connectivity index (χ4n) is 2.17. The Balaban J connectivity index is 2.40. The molecule has 0 aromatic carbocycles. The zero-order chi connectivity index (χ0) is 11.3. The number of carbonyl (C=O) groups excluding carboxylic acids is 1. The summed E-state index contributed by atoms with van der Waals surface area (Å²) >= 11 is 1.81. The maximum Gasteiger partial charge on any atom is 0.246 e. The second kappa shape index (κ2) is 6.38. The van der Waals surface area contributed by atoms with Crippen molar-refractivity contribution < 1.29 is 4.79 Å². The third-order valence-corrected chi connectivity index (χ3v) is 4.74. The van der Waals surface area contributed by atoms with Crippen LogP contribution in [0, 0.1) is 5.92 Å². The van der Waals surface area contributed by atoms with E-state index in [-0.39, 0.29) is 11.2 Å². The molecule has 0 aliphatic heterocycles. The van der Waals surface area contributed by atoms with Crippen LogP contribution in [-0.4, -0.2) is 16.4 Å². The summed E-state index contributed by atoms with van der Waals surface area (Å²) in [5, 5.41) is 0.682. The molecule has 3 N–H and O–H groups in total. The molecule has 4 heteroatoms. The number of amides is 1. The summed E-state index contributed by atoms with van der Waals surface area (Å²) in [7, 11) is 0. The maximum absolute atomic E-state index is 11.4. The van der Waals surface area contributed by atoms with E-state index in [1.807, 2.05) is 18.7 Å². The van der Waals surface area contributed by atoms with Crippen LogP contribution in [0.5, 0.6) is 0 Å². The normalized spacial score (nSPS) is 28.5. The van der Waals surface area contributed by atoms with Crippen molar-refractivity contribution in [2.75, 3.05) is 0 Å². The minimum absolute atomic E-state index is 0.0271. The largest absolute Gasteiger partial charge is 0.293 e. The minimum Gasteiger partial charge on any atom is -0.293 e. The highest BCUT2D eigenvalue weighted by Gasteiger charge is 2.25. The van der Waals surface area contributed by atoms with Gasteiger partial charge in [0, 0.05) is 5.25 Å². The number of thioether (sulfide) groups is 1. The fraction of sp³-hybridized carbons (Fsp3) is 0.909. The summed E-state index contributed by atoms with van der Waals surface area (Å²) in [5.74, 6) is 5.96. The molecule has 3 nitrogen and oxygen atoms in total. The van der Waals surface area contributed by atoms with Gasteiger partial charge in [-0.2, -0.15) is 0 Å². The summed E-state index contributed by atoms with van der Waals surface area (Å²) in [6.45, 7) is 4.34. The predicted molar refractivity (Wildman–Crippen MR) is 65.4 cm³/mol. The number of hydrogen-bond acceptors (Lipinski definition) is 3. The molecule has 0 bridgehead atoms. The van der Waals surface area contributed by atoms with Crippen molar-refractivity contribution in [3.05, 3.63) is 0 Å². The lowest BCUT2D eigenvalue weighted by molar-refractivity contribution is -0.120. The Bertz CT molecular complexity index is 211. The first-order chi connectivity index (χ1) is 7.17. The van der Waals surface area contributed by atoms with Crippen molar-refractivity contribution in [2.45, 2.75) is 56.5 Å². The van der Waals surface area contributed by atoms with Crippen LogP contribution in [0.2, 0.25) is 0 Å².